The Morgan fingerprint density at radius 2 is 1.85 bits per heavy atom. The normalized spacial score (nSPS) is 10.4. The van der Waals surface area contributed by atoms with Crippen LogP contribution in [-0.4, -0.2) is 16.5 Å². The van der Waals surface area contributed by atoms with Gasteiger partial charge in [-0.1, -0.05) is 22.9 Å². The first-order chi connectivity index (χ1) is 9.60. The highest BCUT2D eigenvalue weighted by Crippen LogP contribution is 2.29. The zero-order valence-electron chi connectivity index (χ0n) is 11.9. The molecule has 0 saturated heterocycles. The van der Waals surface area contributed by atoms with Crippen molar-refractivity contribution in [1.82, 2.24) is 9.97 Å². The van der Waals surface area contributed by atoms with Crippen molar-refractivity contribution in [2.24, 2.45) is 0 Å². The number of nitrogens with one attached hydrogen (secondary N) is 1. The van der Waals surface area contributed by atoms with E-state index >= 15 is 0 Å². The van der Waals surface area contributed by atoms with Gasteiger partial charge in [-0.15, -0.1) is 0 Å². The van der Waals surface area contributed by atoms with E-state index in [0.717, 1.165) is 40.1 Å². The molecule has 2 rings (SSSR count). The number of anilines is 1. The standard InChI is InChI=1S/C15H18BrN3O/c1-4-5-17-13-8-14(19-9-18-13)20-12-6-10(2)15(16)11(3)7-12/h6-9H,4-5H2,1-3H3,(H,17,18,19). The Labute approximate surface area is 127 Å². The second-order valence-corrected chi connectivity index (χ2v) is 5.43. The lowest BCUT2D eigenvalue weighted by molar-refractivity contribution is 0.461. The molecule has 4 nitrogen and oxygen atoms in total. The highest BCUT2D eigenvalue weighted by Gasteiger charge is 2.06. The van der Waals surface area contributed by atoms with Crippen molar-refractivity contribution >= 4 is 21.7 Å². The average molecular weight is 336 g/mol. The van der Waals surface area contributed by atoms with Crippen LogP contribution in [0.1, 0.15) is 24.5 Å². The molecule has 0 atom stereocenters. The minimum absolute atomic E-state index is 0.541. The van der Waals surface area contributed by atoms with E-state index < -0.39 is 0 Å². The van der Waals surface area contributed by atoms with Gasteiger partial charge >= 0.3 is 0 Å². The van der Waals surface area contributed by atoms with Crippen molar-refractivity contribution in [3.8, 4) is 11.6 Å². The molecular weight excluding hydrogens is 318 g/mol. The molecule has 0 saturated carbocycles. The predicted molar refractivity (Wildman–Crippen MR) is 84.5 cm³/mol. The third-order valence-corrected chi connectivity index (χ3v) is 4.08. The summed E-state index contributed by atoms with van der Waals surface area (Å²) in [6, 6.07) is 5.78. The van der Waals surface area contributed by atoms with E-state index in [0.29, 0.717) is 5.88 Å². The van der Waals surface area contributed by atoms with E-state index in [1.165, 1.54) is 6.33 Å². The third kappa shape index (κ3) is 3.70. The van der Waals surface area contributed by atoms with Gasteiger partial charge in [-0.05, 0) is 43.5 Å². The molecule has 5 heteroatoms. The number of rotatable bonds is 5. The van der Waals surface area contributed by atoms with Crippen molar-refractivity contribution in [2.45, 2.75) is 27.2 Å². The van der Waals surface area contributed by atoms with Crippen LogP contribution < -0.4 is 10.1 Å². The lowest BCUT2D eigenvalue weighted by Crippen LogP contribution is -2.02. The summed E-state index contributed by atoms with van der Waals surface area (Å²) < 4.78 is 6.91. The monoisotopic (exact) mass is 335 g/mol. The number of hydrogen-bond donors (Lipinski definition) is 1. The molecule has 0 amide bonds. The highest BCUT2D eigenvalue weighted by atomic mass is 79.9. The molecule has 1 aromatic carbocycles. The number of benzene rings is 1. The predicted octanol–water partition coefficient (Wildman–Crippen LogP) is 4.47. The van der Waals surface area contributed by atoms with Crippen molar-refractivity contribution in [2.75, 3.05) is 11.9 Å². The summed E-state index contributed by atoms with van der Waals surface area (Å²) in [5, 5.41) is 3.21. The lowest BCUT2D eigenvalue weighted by Gasteiger charge is -2.10. The molecule has 0 aliphatic carbocycles. The number of hydrogen-bond acceptors (Lipinski definition) is 4. The molecule has 0 aliphatic heterocycles. The molecule has 0 spiro atoms. The topological polar surface area (TPSA) is 47.0 Å². The molecule has 0 aliphatic rings. The van der Waals surface area contributed by atoms with Crippen molar-refractivity contribution < 1.29 is 4.74 Å². The van der Waals surface area contributed by atoms with Gasteiger partial charge in [0.2, 0.25) is 5.88 Å². The van der Waals surface area contributed by atoms with Gasteiger partial charge in [-0.2, -0.15) is 0 Å². The average Bonchev–Trinajstić information content (AvgIpc) is 2.43. The maximum absolute atomic E-state index is 5.80. The van der Waals surface area contributed by atoms with E-state index in [4.69, 9.17) is 4.74 Å². The summed E-state index contributed by atoms with van der Waals surface area (Å²) in [6.45, 7) is 7.07. The van der Waals surface area contributed by atoms with E-state index in [-0.39, 0.29) is 0 Å². The summed E-state index contributed by atoms with van der Waals surface area (Å²) in [7, 11) is 0. The highest BCUT2D eigenvalue weighted by molar-refractivity contribution is 9.10. The van der Waals surface area contributed by atoms with Crippen LogP contribution in [0, 0.1) is 13.8 Å². The molecular formula is C15H18BrN3O. The third-order valence-electron chi connectivity index (χ3n) is 2.83. The van der Waals surface area contributed by atoms with Crippen LogP contribution in [0.2, 0.25) is 0 Å². The van der Waals surface area contributed by atoms with Crippen LogP contribution in [0.3, 0.4) is 0 Å². The summed E-state index contributed by atoms with van der Waals surface area (Å²) in [4.78, 5) is 8.30. The minimum Gasteiger partial charge on any atom is -0.439 e. The van der Waals surface area contributed by atoms with E-state index in [2.05, 4.69) is 38.1 Å². The molecule has 1 aromatic heterocycles. The van der Waals surface area contributed by atoms with Crippen LogP contribution in [-0.2, 0) is 0 Å². The lowest BCUT2D eigenvalue weighted by atomic mass is 10.1. The maximum Gasteiger partial charge on any atom is 0.224 e. The molecule has 20 heavy (non-hydrogen) atoms. The zero-order valence-corrected chi connectivity index (χ0v) is 13.5. The SMILES string of the molecule is CCCNc1cc(Oc2cc(C)c(Br)c(C)c2)ncn1. The first-order valence-electron chi connectivity index (χ1n) is 6.60. The second-order valence-electron chi connectivity index (χ2n) is 4.64. The summed E-state index contributed by atoms with van der Waals surface area (Å²) >= 11 is 3.55. The Morgan fingerprint density at radius 3 is 2.50 bits per heavy atom. The molecule has 1 heterocycles. The van der Waals surface area contributed by atoms with E-state index in [9.17, 15) is 0 Å². The fourth-order valence-electron chi connectivity index (χ4n) is 1.83. The van der Waals surface area contributed by atoms with Crippen LogP contribution in [0.25, 0.3) is 0 Å². The number of halogens is 1. The molecule has 106 valence electrons. The van der Waals surface area contributed by atoms with Crippen LogP contribution in [0.5, 0.6) is 11.6 Å². The van der Waals surface area contributed by atoms with Gasteiger partial charge in [0, 0.05) is 17.1 Å². The number of ether oxygens (including phenoxy) is 1. The first-order valence-corrected chi connectivity index (χ1v) is 7.40. The summed E-state index contributed by atoms with van der Waals surface area (Å²) in [5.41, 5.74) is 2.27. The first kappa shape index (κ1) is 14.8. The second kappa shape index (κ2) is 6.70. The minimum atomic E-state index is 0.541. The maximum atomic E-state index is 5.80. The Bertz CT molecular complexity index is 578. The molecule has 0 unspecified atom stereocenters. The van der Waals surface area contributed by atoms with Crippen LogP contribution in [0.4, 0.5) is 5.82 Å². The van der Waals surface area contributed by atoms with Gasteiger partial charge < -0.3 is 10.1 Å². The molecule has 2 aromatic rings. The molecule has 1 N–H and O–H groups in total. The van der Waals surface area contributed by atoms with E-state index in [1.807, 2.05) is 32.0 Å². The van der Waals surface area contributed by atoms with Crippen molar-refractivity contribution in [3.05, 3.63) is 40.1 Å². The number of nitrogens with zero attached hydrogens (tertiary/aromatic N) is 2. The fourth-order valence-corrected chi connectivity index (χ4v) is 2.06. The largest absolute Gasteiger partial charge is 0.439 e. The number of aromatic nitrogens is 2. The van der Waals surface area contributed by atoms with Gasteiger partial charge in [0.1, 0.15) is 17.9 Å². The Hall–Kier alpha value is -1.62. The van der Waals surface area contributed by atoms with E-state index in [1.54, 1.807) is 0 Å². The van der Waals surface area contributed by atoms with Gasteiger partial charge in [-0.3, -0.25) is 0 Å². The van der Waals surface area contributed by atoms with Gasteiger partial charge in [0.25, 0.3) is 0 Å². The fraction of sp³-hybridized carbons (Fsp3) is 0.333. The van der Waals surface area contributed by atoms with Crippen molar-refractivity contribution in [1.29, 1.82) is 0 Å². The summed E-state index contributed by atoms with van der Waals surface area (Å²) in [6.07, 6.45) is 2.55. The van der Waals surface area contributed by atoms with Gasteiger partial charge in [0.15, 0.2) is 0 Å². The Balaban J connectivity index is 2.17. The molecule has 0 bridgehead atoms. The smallest absolute Gasteiger partial charge is 0.224 e. The zero-order chi connectivity index (χ0) is 14.5. The summed E-state index contributed by atoms with van der Waals surface area (Å²) in [5.74, 6) is 2.10. The quantitative estimate of drug-likeness (QED) is 0.875. The Kier molecular flexibility index (Phi) is 4.95. The Morgan fingerprint density at radius 1 is 1.15 bits per heavy atom. The molecule has 0 fully saturated rings. The van der Waals surface area contributed by atoms with Crippen LogP contribution >= 0.6 is 15.9 Å². The van der Waals surface area contributed by atoms with Crippen LogP contribution in [0.15, 0.2) is 29.0 Å². The van der Waals surface area contributed by atoms with Crippen molar-refractivity contribution in [3.63, 3.8) is 0 Å². The molecule has 0 radical (unpaired) electrons. The van der Waals surface area contributed by atoms with Gasteiger partial charge in [0.05, 0.1) is 0 Å². The number of aryl methyl sites for hydroxylation is 2. The van der Waals surface area contributed by atoms with Gasteiger partial charge in [-0.25, -0.2) is 9.97 Å².